The van der Waals surface area contributed by atoms with E-state index >= 15 is 0 Å². The minimum Gasteiger partial charge on any atom is -0.481 e. The number of nitrogens with zero attached hydrogens (tertiary/aromatic N) is 3. The number of rotatable bonds is 7. The van der Waals surface area contributed by atoms with Gasteiger partial charge in [0.25, 0.3) is 10.2 Å². The molecule has 1 aliphatic rings. The molecule has 1 fully saturated rings. The Bertz CT molecular complexity index is 412. The number of hydrogen-bond acceptors (Lipinski definition) is 4. The predicted octanol–water partition coefficient (Wildman–Crippen LogP) is -0.479. The van der Waals surface area contributed by atoms with Crippen LogP contribution < -0.4 is 0 Å². The lowest BCUT2D eigenvalue weighted by molar-refractivity contribution is -0.137. The second-order valence-electron chi connectivity index (χ2n) is 5.17. The maximum absolute atomic E-state index is 12.2. The number of carboxylic acids is 1. The van der Waals surface area contributed by atoms with Crippen molar-refractivity contribution in [2.24, 2.45) is 5.92 Å². The molecule has 0 aromatic carbocycles. The molecule has 0 saturated carbocycles. The SMILES string of the molecule is CN1CCC(CN(C)S(=O)(=O)N(C)CCC(=O)O)C1. The summed E-state index contributed by atoms with van der Waals surface area (Å²) in [5.41, 5.74) is 0. The molecule has 0 bridgehead atoms. The van der Waals surface area contributed by atoms with Gasteiger partial charge in [-0.05, 0) is 25.9 Å². The van der Waals surface area contributed by atoms with Crippen molar-refractivity contribution < 1.29 is 18.3 Å². The summed E-state index contributed by atoms with van der Waals surface area (Å²) in [6.45, 7) is 2.36. The van der Waals surface area contributed by atoms with E-state index in [1.807, 2.05) is 7.05 Å². The molecule has 112 valence electrons. The zero-order chi connectivity index (χ0) is 14.6. The maximum atomic E-state index is 12.2. The molecule has 1 aliphatic heterocycles. The lowest BCUT2D eigenvalue weighted by atomic mass is 10.1. The van der Waals surface area contributed by atoms with Crippen LogP contribution in [0.25, 0.3) is 0 Å². The second-order valence-corrected chi connectivity index (χ2v) is 7.31. The Balaban J connectivity index is 2.53. The molecule has 0 amide bonds. The molecule has 0 radical (unpaired) electrons. The monoisotopic (exact) mass is 293 g/mol. The van der Waals surface area contributed by atoms with Crippen LogP contribution in [0.2, 0.25) is 0 Å². The first-order valence-electron chi connectivity index (χ1n) is 6.31. The number of likely N-dealkylation sites (tertiary alicyclic amines) is 1. The summed E-state index contributed by atoms with van der Waals surface area (Å²) in [7, 11) is 1.43. The average molecular weight is 293 g/mol. The lowest BCUT2D eigenvalue weighted by Crippen LogP contribution is -2.42. The summed E-state index contributed by atoms with van der Waals surface area (Å²) in [6.07, 6.45) is 0.810. The fourth-order valence-corrected chi connectivity index (χ4v) is 3.44. The molecule has 0 aliphatic carbocycles. The molecular weight excluding hydrogens is 270 g/mol. The largest absolute Gasteiger partial charge is 0.481 e. The summed E-state index contributed by atoms with van der Waals surface area (Å²) in [5, 5.41) is 8.59. The smallest absolute Gasteiger partial charge is 0.304 e. The minimum atomic E-state index is -3.55. The molecule has 19 heavy (non-hydrogen) atoms. The molecule has 1 unspecified atom stereocenters. The molecule has 0 spiro atoms. The molecule has 1 rings (SSSR count). The van der Waals surface area contributed by atoms with Crippen LogP contribution in [-0.4, -0.2) is 80.3 Å². The second kappa shape index (κ2) is 6.65. The van der Waals surface area contributed by atoms with E-state index in [9.17, 15) is 13.2 Å². The summed E-state index contributed by atoms with van der Waals surface area (Å²) in [4.78, 5) is 12.7. The van der Waals surface area contributed by atoms with E-state index < -0.39 is 16.2 Å². The molecule has 0 aromatic heterocycles. The van der Waals surface area contributed by atoms with E-state index in [0.717, 1.165) is 23.8 Å². The van der Waals surface area contributed by atoms with Crippen molar-refractivity contribution in [3.8, 4) is 0 Å². The van der Waals surface area contributed by atoms with Gasteiger partial charge in [0, 0.05) is 33.7 Å². The number of carboxylic acid groups (broad SMARTS) is 1. The highest BCUT2D eigenvalue weighted by Crippen LogP contribution is 2.17. The van der Waals surface area contributed by atoms with Crippen molar-refractivity contribution >= 4 is 16.2 Å². The minimum absolute atomic E-state index is 0.00736. The fourth-order valence-electron chi connectivity index (χ4n) is 2.24. The van der Waals surface area contributed by atoms with Gasteiger partial charge < -0.3 is 10.0 Å². The van der Waals surface area contributed by atoms with Gasteiger partial charge in [-0.15, -0.1) is 0 Å². The maximum Gasteiger partial charge on any atom is 0.304 e. The van der Waals surface area contributed by atoms with Crippen molar-refractivity contribution in [2.75, 3.05) is 47.3 Å². The van der Waals surface area contributed by atoms with Crippen LogP contribution in [0.4, 0.5) is 0 Å². The van der Waals surface area contributed by atoms with E-state index in [-0.39, 0.29) is 13.0 Å². The Hall–Kier alpha value is -0.700. The molecule has 0 aromatic rings. The van der Waals surface area contributed by atoms with Crippen molar-refractivity contribution in [3.05, 3.63) is 0 Å². The Kier molecular flexibility index (Phi) is 5.72. The van der Waals surface area contributed by atoms with E-state index in [1.54, 1.807) is 7.05 Å². The molecule has 7 nitrogen and oxygen atoms in total. The normalized spacial score (nSPS) is 21.4. The first kappa shape index (κ1) is 16.4. The quantitative estimate of drug-likeness (QED) is 0.686. The summed E-state index contributed by atoms with van der Waals surface area (Å²) in [6, 6.07) is 0. The van der Waals surface area contributed by atoms with Gasteiger partial charge in [0.2, 0.25) is 0 Å². The van der Waals surface area contributed by atoms with Crippen molar-refractivity contribution in [3.63, 3.8) is 0 Å². The third-order valence-electron chi connectivity index (χ3n) is 3.43. The summed E-state index contributed by atoms with van der Waals surface area (Å²) in [5.74, 6) is -0.653. The zero-order valence-electron chi connectivity index (χ0n) is 11.7. The molecular formula is C11H23N3O4S. The molecule has 1 N–H and O–H groups in total. The third kappa shape index (κ3) is 4.72. The van der Waals surface area contributed by atoms with Gasteiger partial charge in [-0.2, -0.15) is 17.0 Å². The number of hydrogen-bond donors (Lipinski definition) is 1. The van der Waals surface area contributed by atoms with Gasteiger partial charge in [-0.25, -0.2) is 0 Å². The summed E-state index contributed by atoms with van der Waals surface area (Å²) < 4.78 is 26.7. The van der Waals surface area contributed by atoms with Crippen molar-refractivity contribution in [1.29, 1.82) is 0 Å². The topological polar surface area (TPSA) is 81.2 Å². The summed E-state index contributed by atoms with van der Waals surface area (Å²) >= 11 is 0. The highest BCUT2D eigenvalue weighted by Gasteiger charge is 2.28. The molecule has 1 saturated heterocycles. The van der Waals surface area contributed by atoms with Gasteiger partial charge in [0.1, 0.15) is 0 Å². The van der Waals surface area contributed by atoms with Crippen LogP contribution in [0, 0.1) is 5.92 Å². The molecule has 1 atom stereocenters. The number of carbonyl (C=O) groups is 1. The van der Waals surface area contributed by atoms with Gasteiger partial charge >= 0.3 is 5.97 Å². The Morgan fingerprint density at radius 2 is 2.00 bits per heavy atom. The number of aliphatic carboxylic acids is 1. The fraction of sp³-hybridized carbons (Fsp3) is 0.909. The molecule has 8 heteroatoms. The van der Waals surface area contributed by atoms with Crippen molar-refractivity contribution in [2.45, 2.75) is 12.8 Å². The van der Waals surface area contributed by atoms with E-state index in [0.29, 0.717) is 12.5 Å². The van der Waals surface area contributed by atoms with E-state index in [1.165, 1.54) is 11.4 Å². The average Bonchev–Trinajstić information content (AvgIpc) is 2.71. The standard InChI is InChI=1S/C11H23N3O4S/c1-12-6-4-10(8-12)9-14(3)19(17,18)13(2)7-5-11(15)16/h10H,4-9H2,1-3H3,(H,15,16). The van der Waals surface area contributed by atoms with Crippen LogP contribution in [0.1, 0.15) is 12.8 Å². The molecule has 1 heterocycles. The van der Waals surface area contributed by atoms with Crippen LogP contribution in [-0.2, 0) is 15.0 Å². The predicted molar refractivity (Wildman–Crippen MR) is 72.0 cm³/mol. The third-order valence-corrected chi connectivity index (χ3v) is 5.34. The van der Waals surface area contributed by atoms with Crippen LogP contribution in [0.15, 0.2) is 0 Å². The van der Waals surface area contributed by atoms with E-state index in [2.05, 4.69) is 4.90 Å². The zero-order valence-corrected chi connectivity index (χ0v) is 12.6. The lowest BCUT2D eigenvalue weighted by Gasteiger charge is -2.26. The van der Waals surface area contributed by atoms with Crippen molar-refractivity contribution in [1.82, 2.24) is 13.5 Å². The Morgan fingerprint density at radius 3 is 2.47 bits per heavy atom. The van der Waals surface area contributed by atoms with Crippen LogP contribution in [0.3, 0.4) is 0 Å². The first-order valence-corrected chi connectivity index (χ1v) is 7.71. The Morgan fingerprint density at radius 1 is 1.37 bits per heavy atom. The van der Waals surface area contributed by atoms with Gasteiger partial charge in [-0.3, -0.25) is 4.79 Å². The van der Waals surface area contributed by atoms with Crippen LogP contribution >= 0.6 is 0 Å². The Labute approximate surface area is 115 Å². The van der Waals surface area contributed by atoms with Gasteiger partial charge in [0.15, 0.2) is 0 Å². The highest BCUT2D eigenvalue weighted by molar-refractivity contribution is 7.86. The van der Waals surface area contributed by atoms with E-state index in [4.69, 9.17) is 5.11 Å². The highest BCUT2D eigenvalue weighted by atomic mass is 32.2. The van der Waals surface area contributed by atoms with Gasteiger partial charge in [0.05, 0.1) is 6.42 Å². The first-order chi connectivity index (χ1) is 8.73. The van der Waals surface area contributed by atoms with Crippen LogP contribution in [0.5, 0.6) is 0 Å². The van der Waals surface area contributed by atoms with Gasteiger partial charge in [-0.1, -0.05) is 0 Å².